The first kappa shape index (κ1) is 12.4. The predicted molar refractivity (Wildman–Crippen MR) is 63.1 cm³/mol. The Morgan fingerprint density at radius 2 is 1.73 bits per heavy atom. The summed E-state index contributed by atoms with van der Waals surface area (Å²) < 4.78 is 21.1. The average molecular weight is 291 g/mol. The number of sulfone groups is 1. The van der Waals surface area contributed by atoms with E-state index in [1.54, 1.807) is 24.3 Å². The van der Waals surface area contributed by atoms with Gasteiger partial charge in [0.1, 0.15) is 0 Å². The van der Waals surface area contributed by atoms with Crippen molar-refractivity contribution < 1.29 is 13.2 Å². The molecular weight excluding hydrogens is 280 g/mol. The van der Waals surface area contributed by atoms with Crippen molar-refractivity contribution in [3.63, 3.8) is 0 Å². The molecule has 0 aliphatic heterocycles. The van der Waals surface area contributed by atoms with E-state index in [1.807, 2.05) is 6.92 Å². The molecule has 0 saturated heterocycles. The minimum absolute atomic E-state index is 0.396. The molecule has 0 spiro atoms. The highest BCUT2D eigenvalue weighted by Gasteiger charge is 2.26. The number of alkyl halides is 1. The number of aryl methyl sites for hydroxylation is 1. The Kier molecular flexibility index (Phi) is 3.67. The number of benzene rings is 1. The first-order valence-corrected chi connectivity index (χ1v) is 7.13. The molecule has 0 unspecified atom stereocenters. The topological polar surface area (TPSA) is 51.2 Å². The fourth-order valence-corrected chi connectivity index (χ4v) is 1.83. The van der Waals surface area contributed by atoms with Crippen molar-refractivity contribution in [2.45, 2.75) is 11.1 Å². The number of hydrogen-bond acceptors (Lipinski definition) is 3. The largest absolute Gasteiger partial charge is 0.292 e. The molecule has 0 fully saturated rings. The summed E-state index contributed by atoms with van der Waals surface area (Å²) in [6.45, 7) is 1.90. The van der Waals surface area contributed by atoms with Crippen molar-refractivity contribution in [2.75, 3.05) is 6.26 Å². The molecule has 0 saturated carbocycles. The van der Waals surface area contributed by atoms with Crippen LogP contribution in [0.25, 0.3) is 0 Å². The second-order valence-electron chi connectivity index (χ2n) is 3.38. The third kappa shape index (κ3) is 3.14. The molecule has 0 aromatic heterocycles. The van der Waals surface area contributed by atoms with Gasteiger partial charge in [-0.15, -0.1) is 0 Å². The van der Waals surface area contributed by atoms with Crippen LogP contribution in [0.3, 0.4) is 0 Å². The van der Waals surface area contributed by atoms with Crippen LogP contribution >= 0.6 is 15.9 Å². The lowest BCUT2D eigenvalue weighted by molar-refractivity contribution is 0.101. The first-order chi connectivity index (χ1) is 6.82. The molecule has 1 aromatic rings. The molecule has 0 radical (unpaired) electrons. The summed E-state index contributed by atoms with van der Waals surface area (Å²) in [7, 11) is -3.39. The standard InChI is InChI=1S/C10H11BrO3S/c1-7-3-5-8(6-4-7)9(12)10(11)15(2,13)14/h3-6,10H,1-2H3/t10-/m1/s1. The lowest BCUT2D eigenvalue weighted by Crippen LogP contribution is -2.23. The Hall–Kier alpha value is -0.680. The summed E-state index contributed by atoms with van der Waals surface area (Å²) in [6.07, 6.45) is 1.03. The summed E-state index contributed by atoms with van der Waals surface area (Å²) in [4.78, 5) is 11.7. The fraction of sp³-hybridized carbons (Fsp3) is 0.300. The second-order valence-corrected chi connectivity index (χ2v) is 7.03. The average Bonchev–Trinajstić information content (AvgIpc) is 2.15. The van der Waals surface area contributed by atoms with Crippen LogP contribution in [0.4, 0.5) is 0 Å². The SMILES string of the molecule is Cc1ccc(C(=O)[C@H](Br)S(C)(=O)=O)cc1. The van der Waals surface area contributed by atoms with Gasteiger partial charge in [0.2, 0.25) is 0 Å². The van der Waals surface area contributed by atoms with Crippen LogP contribution in [0.2, 0.25) is 0 Å². The van der Waals surface area contributed by atoms with Crippen LogP contribution in [0.1, 0.15) is 15.9 Å². The fourth-order valence-electron chi connectivity index (χ4n) is 1.04. The van der Waals surface area contributed by atoms with Gasteiger partial charge in [-0.05, 0) is 6.92 Å². The Labute approximate surface area is 97.5 Å². The van der Waals surface area contributed by atoms with E-state index < -0.39 is 19.8 Å². The molecule has 3 nitrogen and oxygen atoms in total. The minimum atomic E-state index is -3.39. The maximum Gasteiger partial charge on any atom is 0.191 e. The summed E-state index contributed by atoms with van der Waals surface area (Å²) in [5.41, 5.74) is 1.42. The van der Waals surface area contributed by atoms with Gasteiger partial charge >= 0.3 is 0 Å². The molecular formula is C10H11BrO3S. The molecule has 0 aliphatic rings. The van der Waals surface area contributed by atoms with Crippen molar-refractivity contribution in [3.8, 4) is 0 Å². The molecule has 1 rings (SSSR count). The molecule has 5 heteroatoms. The van der Waals surface area contributed by atoms with Crippen LogP contribution in [0.5, 0.6) is 0 Å². The van der Waals surface area contributed by atoms with Crippen molar-refractivity contribution in [1.82, 2.24) is 0 Å². The Bertz CT molecular complexity index is 462. The van der Waals surface area contributed by atoms with E-state index in [0.717, 1.165) is 11.8 Å². The molecule has 0 aliphatic carbocycles. The zero-order chi connectivity index (χ0) is 11.6. The Balaban J connectivity index is 3.01. The third-order valence-electron chi connectivity index (χ3n) is 1.92. The molecule has 82 valence electrons. The quantitative estimate of drug-likeness (QED) is 0.631. The number of halogens is 1. The van der Waals surface area contributed by atoms with E-state index in [2.05, 4.69) is 15.9 Å². The smallest absolute Gasteiger partial charge is 0.191 e. The highest BCUT2D eigenvalue weighted by atomic mass is 79.9. The van der Waals surface area contributed by atoms with Crippen LogP contribution in [-0.2, 0) is 9.84 Å². The van der Waals surface area contributed by atoms with Gasteiger partial charge in [-0.3, -0.25) is 4.79 Å². The Morgan fingerprint density at radius 3 is 2.13 bits per heavy atom. The summed E-state index contributed by atoms with van der Waals surface area (Å²) in [5.74, 6) is -0.433. The van der Waals surface area contributed by atoms with Crippen molar-refractivity contribution >= 4 is 31.6 Å². The number of carbonyl (C=O) groups is 1. The molecule has 0 N–H and O–H groups in total. The van der Waals surface area contributed by atoms with Gasteiger partial charge in [0.15, 0.2) is 19.8 Å². The van der Waals surface area contributed by atoms with E-state index in [1.165, 1.54) is 0 Å². The van der Waals surface area contributed by atoms with Gasteiger partial charge in [-0.2, -0.15) is 0 Å². The van der Waals surface area contributed by atoms with Crippen molar-refractivity contribution in [2.24, 2.45) is 0 Å². The zero-order valence-corrected chi connectivity index (χ0v) is 10.8. The van der Waals surface area contributed by atoms with Crippen molar-refractivity contribution in [3.05, 3.63) is 35.4 Å². The van der Waals surface area contributed by atoms with E-state index in [9.17, 15) is 13.2 Å². The summed E-state index contributed by atoms with van der Waals surface area (Å²) in [5, 5.41) is 0. The first-order valence-electron chi connectivity index (χ1n) is 4.26. The van der Waals surface area contributed by atoms with Gasteiger partial charge in [0, 0.05) is 11.8 Å². The van der Waals surface area contributed by atoms with Crippen molar-refractivity contribution in [1.29, 1.82) is 0 Å². The second kappa shape index (κ2) is 4.45. The number of carbonyl (C=O) groups excluding carboxylic acids is 1. The highest BCUT2D eigenvalue weighted by molar-refractivity contribution is 9.11. The molecule has 1 aromatic carbocycles. The number of rotatable bonds is 3. The molecule has 1 atom stereocenters. The van der Waals surface area contributed by atoms with Gasteiger partial charge in [-0.1, -0.05) is 45.8 Å². The van der Waals surface area contributed by atoms with Crippen LogP contribution in [0.15, 0.2) is 24.3 Å². The van der Waals surface area contributed by atoms with Gasteiger partial charge in [0.25, 0.3) is 0 Å². The number of hydrogen-bond donors (Lipinski definition) is 0. The zero-order valence-electron chi connectivity index (χ0n) is 8.40. The third-order valence-corrected chi connectivity index (χ3v) is 5.34. The predicted octanol–water partition coefficient (Wildman–Crippen LogP) is 1.94. The lowest BCUT2D eigenvalue weighted by atomic mass is 10.1. The van der Waals surface area contributed by atoms with E-state index >= 15 is 0 Å². The summed E-state index contributed by atoms with van der Waals surface area (Å²) in [6, 6.07) is 6.79. The summed E-state index contributed by atoms with van der Waals surface area (Å²) >= 11 is 2.88. The highest BCUT2D eigenvalue weighted by Crippen LogP contribution is 2.15. The maximum absolute atomic E-state index is 11.7. The normalized spacial score (nSPS) is 13.5. The van der Waals surface area contributed by atoms with Crippen LogP contribution in [-0.4, -0.2) is 24.6 Å². The number of ketones is 1. The van der Waals surface area contributed by atoms with Crippen LogP contribution in [0, 0.1) is 6.92 Å². The molecule has 15 heavy (non-hydrogen) atoms. The Morgan fingerprint density at radius 1 is 1.27 bits per heavy atom. The molecule has 0 bridgehead atoms. The monoisotopic (exact) mass is 290 g/mol. The van der Waals surface area contributed by atoms with Gasteiger partial charge in [-0.25, -0.2) is 8.42 Å². The van der Waals surface area contributed by atoms with E-state index in [0.29, 0.717) is 5.56 Å². The molecule has 0 heterocycles. The van der Waals surface area contributed by atoms with Gasteiger partial charge in [0.05, 0.1) is 0 Å². The van der Waals surface area contributed by atoms with E-state index in [-0.39, 0.29) is 0 Å². The minimum Gasteiger partial charge on any atom is -0.292 e. The molecule has 0 amide bonds. The van der Waals surface area contributed by atoms with E-state index in [4.69, 9.17) is 0 Å². The van der Waals surface area contributed by atoms with Crippen LogP contribution < -0.4 is 0 Å². The van der Waals surface area contributed by atoms with Gasteiger partial charge < -0.3 is 0 Å². The number of Topliss-reactive ketones (excluding diaryl/α,β-unsaturated/α-hetero) is 1. The lowest BCUT2D eigenvalue weighted by Gasteiger charge is -2.06. The maximum atomic E-state index is 11.7.